The number of aliphatic hydroxyl groups excluding tert-OH is 2. The van der Waals surface area contributed by atoms with E-state index in [0.717, 1.165) is 23.6 Å². The second-order valence-electron chi connectivity index (χ2n) is 11.8. The Morgan fingerprint density at radius 2 is 1.78 bits per heavy atom. The summed E-state index contributed by atoms with van der Waals surface area (Å²) < 4.78 is 10.9. The molecule has 1 aliphatic heterocycles. The van der Waals surface area contributed by atoms with Crippen molar-refractivity contribution in [1.82, 2.24) is 0 Å². The predicted octanol–water partition coefficient (Wildman–Crippen LogP) is 4.16. The fourth-order valence-electron chi connectivity index (χ4n) is 6.97. The van der Waals surface area contributed by atoms with Gasteiger partial charge >= 0.3 is 0 Å². The van der Waals surface area contributed by atoms with E-state index >= 15 is 0 Å². The van der Waals surface area contributed by atoms with Crippen LogP contribution in [0.15, 0.2) is 41.2 Å². The van der Waals surface area contributed by atoms with Crippen LogP contribution in [0.3, 0.4) is 0 Å². The molecule has 0 bridgehead atoms. The summed E-state index contributed by atoms with van der Waals surface area (Å²) >= 11 is 0. The first kappa shape index (κ1) is 27.1. The first-order valence-corrected chi connectivity index (χ1v) is 13.9. The number of aromatic hydroxyl groups is 1. The van der Waals surface area contributed by atoms with E-state index in [9.17, 15) is 34.8 Å². The zero-order valence-corrected chi connectivity index (χ0v) is 23.1. The Morgan fingerprint density at radius 1 is 1.05 bits per heavy atom. The number of carbonyl (C=O) groups is 3. The van der Waals surface area contributed by atoms with Gasteiger partial charge in [-0.05, 0) is 78.8 Å². The third-order valence-corrected chi connectivity index (χ3v) is 9.02. The summed E-state index contributed by atoms with van der Waals surface area (Å²) in [5.74, 6) is -3.92. The summed E-state index contributed by atoms with van der Waals surface area (Å²) in [6.07, 6.45) is 1.21. The van der Waals surface area contributed by atoms with Crippen molar-refractivity contribution in [2.24, 2.45) is 11.8 Å². The number of hydrogen-bond donors (Lipinski definition) is 4. The Balaban J connectivity index is 1.43. The second-order valence-corrected chi connectivity index (χ2v) is 11.8. The van der Waals surface area contributed by atoms with Crippen LogP contribution in [0.1, 0.15) is 67.3 Å². The summed E-state index contributed by atoms with van der Waals surface area (Å²) in [6.45, 7) is 5.29. The van der Waals surface area contributed by atoms with Gasteiger partial charge in [-0.15, -0.1) is 0 Å². The van der Waals surface area contributed by atoms with Gasteiger partial charge in [0.25, 0.3) is 0 Å². The Morgan fingerprint density at radius 3 is 2.49 bits per heavy atom. The second kappa shape index (κ2) is 9.48. The van der Waals surface area contributed by atoms with Crippen molar-refractivity contribution in [2.45, 2.75) is 64.4 Å². The number of hydrogen-bond acceptors (Lipinski definition) is 9. The van der Waals surface area contributed by atoms with Gasteiger partial charge in [0.15, 0.2) is 28.7 Å². The summed E-state index contributed by atoms with van der Waals surface area (Å²) in [5, 5.41) is 45.4. The topological polar surface area (TPSA) is 151 Å². The lowest BCUT2D eigenvalue weighted by Crippen LogP contribution is -2.57. The molecule has 1 saturated carbocycles. The van der Waals surface area contributed by atoms with Gasteiger partial charge in [-0.3, -0.25) is 14.4 Å². The highest BCUT2D eigenvalue weighted by Crippen LogP contribution is 2.53. The molecule has 1 heterocycles. The van der Waals surface area contributed by atoms with Crippen molar-refractivity contribution in [3.63, 3.8) is 0 Å². The van der Waals surface area contributed by atoms with E-state index in [1.165, 1.54) is 0 Å². The number of ketones is 3. The maximum absolute atomic E-state index is 13.9. The fraction of sp³-hybridized carbons (Fsp3) is 0.406. The molecule has 0 radical (unpaired) electrons. The van der Waals surface area contributed by atoms with Gasteiger partial charge in [-0.1, -0.05) is 26.0 Å². The maximum Gasteiger partial charge on any atom is 0.231 e. The number of carbonyl (C=O) groups excluding carboxylic acids is 3. The number of benzene rings is 2. The zero-order chi connectivity index (χ0) is 29.4. The van der Waals surface area contributed by atoms with Crippen LogP contribution in [0.2, 0.25) is 0 Å². The average Bonchev–Trinajstić information content (AvgIpc) is 3.38. The van der Waals surface area contributed by atoms with Crippen LogP contribution in [0.25, 0.3) is 5.76 Å². The highest BCUT2D eigenvalue weighted by Gasteiger charge is 2.60. The number of phenols is 1. The van der Waals surface area contributed by atoms with Crippen molar-refractivity contribution >= 4 is 23.1 Å². The smallest absolute Gasteiger partial charge is 0.231 e. The molecule has 214 valence electrons. The highest BCUT2D eigenvalue weighted by molar-refractivity contribution is 6.23. The number of aliphatic hydroxyl groups is 3. The van der Waals surface area contributed by atoms with Gasteiger partial charge < -0.3 is 29.9 Å². The molecule has 9 heteroatoms. The van der Waals surface area contributed by atoms with E-state index in [1.807, 2.05) is 38.1 Å². The highest BCUT2D eigenvalue weighted by atomic mass is 16.7. The fourth-order valence-corrected chi connectivity index (χ4v) is 6.97. The van der Waals surface area contributed by atoms with Crippen LogP contribution >= 0.6 is 0 Å². The first-order chi connectivity index (χ1) is 19.4. The van der Waals surface area contributed by atoms with E-state index in [4.69, 9.17) is 9.47 Å². The molecule has 6 rings (SSSR count). The van der Waals surface area contributed by atoms with Gasteiger partial charge in [0, 0.05) is 17.9 Å². The third-order valence-electron chi connectivity index (χ3n) is 9.02. The van der Waals surface area contributed by atoms with Crippen molar-refractivity contribution in [2.75, 3.05) is 6.79 Å². The van der Waals surface area contributed by atoms with Gasteiger partial charge in [0.05, 0.1) is 5.56 Å². The monoisotopic (exact) mass is 560 g/mol. The van der Waals surface area contributed by atoms with Crippen molar-refractivity contribution in [3.8, 4) is 17.2 Å². The van der Waals surface area contributed by atoms with Crippen molar-refractivity contribution in [1.29, 1.82) is 0 Å². The van der Waals surface area contributed by atoms with Crippen molar-refractivity contribution < 1.29 is 44.3 Å². The van der Waals surface area contributed by atoms with Crippen LogP contribution in [0.5, 0.6) is 17.2 Å². The molecule has 1 fully saturated rings. The minimum Gasteiger partial charge on any atom is -0.508 e. The number of aryl methyl sites for hydroxylation is 2. The standard InChI is InChI=1S/C32H32O9/c1-14(2)20-10-17(6-4-16-5-7-23-24(8-16)41-13-40-23)28(35)27-21(20)11-18-9-19-12-22(34)25(15(3)33)30(37)32(19,39)31(38)26(18)29(27)36/h5,7-8,10,14,18-19,35-37,39H,4,6,9,11-13H2,1-3H3/t18-,19+,32-/m1/s1. The van der Waals surface area contributed by atoms with Gasteiger partial charge in [0.1, 0.15) is 22.8 Å². The van der Waals surface area contributed by atoms with E-state index in [-0.39, 0.29) is 42.4 Å². The summed E-state index contributed by atoms with van der Waals surface area (Å²) in [4.78, 5) is 38.6. The predicted molar refractivity (Wildman–Crippen MR) is 147 cm³/mol. The SMILES string of the molecule is CC(=O)C1=C(O)[C@@]2(O)C(=O)C3=C(O)c4c(O)c(CCc5ccc6c(c5)OCO6)cc(C(C)C)c4C[C@H]3C[C@H]2CC1=O. The molecule has 9 nitrogen and oxygen atoms in total. The Bertz CT molecular complexity index is 1590. The lowest BCUT2D eigenvalue weighted by atomic mass is 9.58. The Hall–Kier alpha value is -4.11. The normalized spacial score (nSPS) is 24.9. The Labute approximate surface area is 236 Å². The van der Waals surface area contributed by atoms with Crippen LogP contribution in [-0.2, 0) is 33.6 Å². The van der Waals surface area contributed by atoms with Crippen LogP contribution in [0, 0.1) is 11.8 Å². The molecular formula is C32H32O9. The Kier molecular flexibility index (Phi) is 6.26. The maximum atomic E-state index is 13.9. The summed E-state index contributed by atoms with van der Waals surface area (Å²) in [5.41, 5.74) is 0.200. The molecule has 3 aliphatic carbocycles. The molecular weight excluding hydrogens is 528 g/mol. The molecule has 4 N–H and O–H groups in total. The first-order valence-electron chi connectivity index (χ1n) is 13.9. The van der Waals surface area contributed by atoms with Gasteiger partial charge in [0.2, 0.25) is 12.6 Å². The molecule has 0 spiro atoms. The van der Waals surface area contributed by atoms with E-state index in [1.54, 1.807) is 0 Å². The average molecular weight is 561 g/mol. The lowest BCUT2D eigenvalue weighted by molar-refractivity contribution is -0.147. The van der Waals surface area contributed by atoms with Gasteiger partial charge in [-0.2, -0.15) is 0 Å². The number of Topliss-reactive ketones (excluding diaryl/α,β-unsaturated/α-hetero) is 3. The van der Waals surface area contributed by atoms with Crippen LogP contribution in [-0.4, -0.2) is 50.2 Å². The summed E-state index contributed by atoms with van der Waals surface area (Å²) in [7, 11) is 0. The molecule has 3 atom stereocenters. The quantitative estimate of drug-likeness (QED) is 0.395. The number of phenolic OH excluding ortho intramolecular Hbond substituents is 1. The molecule has 0 aromatic heterocycles. The molecule has 2 aromatic carbocycles. The van der Waals surface area contributed by atoms with E-state index < -0.39 is 51.9 Å². The summed E-state index contributed by atoms with van der Waals surface area (Å²) in [6, 6.07) is 7.61. The molecule has 0 unspecified atom stereocenters. The zero-order valence-electron chi connectivity index (χ0n) is 23.1. The largest absolute Gasteiger partial charge is 0.508 e. The number of rotatable bonds is 5. The minimum absolute atomic E-state index is 0.0422. The molecule has 0 saturated heterocycles. The molecule has 0 amide bonds. The van der Waals surface area contributed by atoms with E-state index in [0.29, 0.717) is 36.3 Å². The van der Waals surface area contributed by atoms with Crippen LogP contribution < -0.4 is 9.47 Å². The van der Waals surface area contributed by atoms with Crippen LogP contribution in [0.4, 0.5) is 0 Å². The van der Waals surface area contributed by atoms with Gasteiger partial charge in [-0.25, -0.2) is 0 Å². The van der Waals surface area contributed by atoms with E-state index in [2.05, 4.69) is 0 Å². The number of ether oxygens (including phenoxy) is 2. The molecule has 41 heavy (non-hydrogen) atoms. The number of allylic oxidation sites excluding steroid dienone is 1. The third kappa shape index (κ3) is 3.97. The lowest BCUT2D eigenvalue weighted by Gasteiger charge is -2.46. The van der Waals surface area contributed by atoms with Crippen molar-refractivity contribution in [3.05, 3.63) is 69.0 Å². The molecule has 2 aromatic rings. The minimum atomic E-state index is -2.50. The number of fused-ring (bicyclic) bond motifs is 4. The molecule has 4 aliphatic rings.